The Kier molecular flexibility index (Phi) is 3.41. The third-order valence-electron chi connectivity index (χ3n) is 1.87. The van der Waals surface area contributed by atoms with Crippen LogP contribution in [-0.4, -0.2) is 29.6 Å². The van der Waals surface area contributed by atoms with Crippen molar-refractivity contribution in [1.82, 2.24) is 9.97 Å². The summed E-state index contributed by atoms with van der Waals surface area (Å²) < 4.78 is 0. The van der Waals surface area contributed by atoms with Gasteiger partial charge in [-0.1, -0.05) is 0 Å². The topological polar surface area (TPSA) is 55.0 Å². The number of aryl methyl sites for hydroxylation is 2. The zero-order valence-corrected chi connectivity index (χ0v) is 9.28. The van der Waals surface area contributed by atoms with Gasteiger partial charge in [0.2, 0.25) is 5.95 Å². The van der Waals surface area contributed by atoms with Crippen LogP contribution in [0.4, 0.5) is 5.95 Å². The molecule has 0 saturated carbocycles. The molecule has 0 aromatic carbocycles. The number of hydrogen-bond donors (Lipinski definition) is 1. The zero-order chi connectivity index (χ0) is 10.7. The number of likely N-dealkylation sites (N-methyl/N-ethyl adjacent to an activating group) is 1. The van der Waals surface area contributed by atoms with Gasteiger partial charge in [0.1, 0.15) is 0 Å². The minimum Gasteiger partial charge on any atom is -0.342 e. The monoisotopic (exact) mass is 194 g/mol. The molecule has 0 bridgehead atoms. The van der Waals surface area contributed by atoms with Gasteiger partial charge in [-0.3, -0.25) is 0 Å². The normalized spacial score (nSPS) is 12.6. The number of anilines is 1. The molecule has 1 atom stereocenters. The highest BCUT2D eigenvalue weighted by Gasteiger charge is 2.07. The molecule has 1 heterocycles. The number of nitrogens with two attached hydrogens (primary N) is 1. The molecule has 1 rings (SSSR count). The first-order chi connectivity index (χ1) is 6.49. The smallest absolute Gasteiger partial charge is 0.225 e. The molecule has 1 aromatic rings. The summed E-state index contributed by atoms with van der Waals surface area (Å²) in [6.07, 6.45) is 0. The van der Waals surface area contributed by atoms with Crippen molar-refractivity contribution in [3.8, 4) is 0 Å². The van der Waals surface area contributed by atoms with E-state index in [9.17, 15) is 0 Å². The lowest BCUT2D eigenvalue weighted by Crippen LogP contribution is -2.33. The van der Waals surface area contributed by atoms with Crippen LogP contribution in [0.25, 0.3) is 0 Å². The van der Waals surface area contributed by atoms with E-state index >= 15 is 0 Å². The quantitative estimate of drug-likeness (QED) is 0.776. The second-order valence-corrected chi connectivity index (χ2v) is 3.81. The molecule has 0 saturated heterocycles. The third kappa shape index (κ3) is 2.96. The van der Waals surface area contributed by atoms with Crippen LogP contribution in [0.2, 0.25) is 0 Å². The van der Waals surface area contributed by atoms with Gasteiger partial charge in [0.05, 0.1) is 0 Å². The van der Waals surface area contributed by atoms with Crippen LogP contribution < -0.4 is 10.6 Å². The van der Waals surface area contributed by atoms with Crippen molar-refractivity contribution in [2.45, 2.75) is 26.8 Å². The van der Waals surface area contributed by atoms with Crippen molar-refractivity contribution < 1.29 is 0 Å². The molecule has 78 valence electrons. The molecule has 4 heteroatoms. The van der Waals surface area contributed by atoms with Crippen LogP contribution in [0.15, 0.2) is 6.07 Å². The highest BCUT2D eigenvalue weighted by atomic mass is 15.2. The second kappa shape index (κ2) is 4.37. The minimum absolute atomic E-state index is 0.129. The van der Waals surface area contributed by atoms with Crippen molar-refractivity contribution in [3.63, 3.8) is 0 Å². The van der Waals surface area contributed by atoms with E-state index in [0.29, 0.717) is 0 Å². The fourth-order valence-corrected chi connectivity index (χ4v) is 1.39. The lowest BCUT2D eigenvalue weighted by molar-refractivity contribution is 0.702. The maximum atomic E-state index is 5.71. The maximum Gasteiger partial charge on any atom is 0.225 e. The average molecular weight is 194 g/mol. The van der Waals surface area contributed by atoms with Crippen LogP contribution in [-0.2, 0) is 0 Å². The summed E-state index contributed by atoms with van der Waals surface area (Å²) in [5.41, 5.74) is 7.69. The average Bonchev–Trinajstić information content (AvgIpc) is 2.00. The summed E-state index contributed by atoms with van der Waals surface area (Å²) in [5, 5.41) is 0. The Morgan fingerprint density at radius 2 is 1.86 bits per heavy atom. The molecule has 1 aromatic heterocycles. The van der Waals surface area contributed by atoms with E-state index in [0.717, 1.165) is 23.9 Å². The van der Waals surface area contributed by atoms with Crippen molar-refractivity contribution in [3.05, 3.63) is 17.5 Å². The highest BCUT2D eigenvalue weighted by molar-refractivity contribution is 5.30. The van der Waals surface area contributed by atoms with Gasteiger partial charge in [-0.2, -0.15) is 0 Å². The fraction of sp³-hybridized carbons (Fsp3) is 0.600. The molecular formula is C10H18N4. The van der Waals surface area contributed by atoms with E-state index in [1.54, 1.807) is 0 Å². The van der Waals surface area contributed by atoms with Gasteiger partial charge in [-0.15, -0.1) is 0 Å². The largest absolute Gasteiger partial charge is 0.342 e. The van der Waals surface area contributed by atoms with Crippen LogP contribution in [0, 0.1) is 13.8 Å². The predicted molar refractivity (Wildman–Crippen MR) is 58.4 cm³/mol. The van der Waals surface area contributed by atoms with Crippen molar-refractivity contribution in [2.24, 2.45) is 5.73 Å². The van der Waals surface area contributed by atoms with Gasteiger partial charge in [-0.05, 0) is 26.8 Å². The molecule has 14 heavy (non-hydrogen) atoms. The minimum atomic E-state index is 0.129. The van der Waals surface area contributed by atoms with Crippen LogP contribution in [0.5, 0.6) is 0 Å². The van der Waals surface area contributed by atoms with Gasteiger partial charge >= 0.3 is 0 Å². The molecule has 0 aliphatic carbocycles. The van der Waals surface area contributed by atoms with Crippen molar-refractivity contribution in [1.29, 1.82) is 0 Å². The lowest BCUT2D eigenvalue weighted by Gasteiger charge is -2.19. The molecule has 0 radical (unpaired) electrons. The van der Waals surface area contributed by atoms with Gasteiger partial charge < -0.3 is 10.6 Å². The van der Waals surface area contributed by atoms with E-state index in [1.165, 1.54) is 0 Å². The Bertz CT molecular complexity index is 289. The lowest BCUT2D eigenvalue weighted by atomic mass is 10.3. The molecule has 0 aliphatic heterocycles. The maximum absolute atomic E-state index is 5.71. The summed E-state index contributed by atoms with van der Waals surface area (Å²) in [4.78, 5) is 10.7. The first-order valence-corrected chi connectivity index (χ1v) is 4.78. The second-order valence-electron chi connectivity index (χ2n) is 3.81. The standard InChI is InChI=1S/C10H18N4/c1-7(11)6-14(4)10-12-8(2)5-9(3)13-10/h5,7H,6,11H2,1-4H3. The van der Waals surface area contributed by atoms with Crippen LogP contribution in [0.3, 0.4) is 0 Å². The molecule has 0 amide bonds. The highest BCUT2D eigenvalue weighted by Crippen LogP contribution is 2.07. The van der Waals surface area contributed by atoms with Gasteiger partial charge in [0.15, 0.2) is 0 Å². The Morgan fingerprint density at radius 1 is 1.36 bits per heavy atom. The zero-order valence-electron chi connectivity index (χ0n) is 9.28. The predicted octanol–water partition coefficient (Wildman–Crippen LogP) is 0.877. The summed E-state index contributed by atoms with van der Waals surface area (Å²) in [6.45, 7) is 6.68. The van der Waals surface area contributed by atoms with E-state index in [4.69, 9.17) is 5.73 Å². The Balaban J connectivity index is 2.84. The number of aromatic nitrogens is 2. The summed E-state index contributed by atoms with van der Waals surface area (Å²) >= 11 is 0. The Hall–Kier alpha value is -1.16. The van der Waals surface area contributed by atoms with E-state index < -0.39 is 0 Å². The molecular weight excluding hydrogens is 176 g/mol. The van der Waals surface area contributed by atoms with Crippen molar-refractivity contribution >= 4 is 5.95 Å². The number of rotatable bonds is 3. The van der Waals surface area contributed by atoms with E-state index in [2.05, 4.69) is 9.97 Å². The molecule has 4 nitrogen and oxygen atoms in total. The summed E-state index contributed by atoms with van der Waals surface area (Å²) in [7, 11) is 1.96. The molecule has 2 N–H and O–H groups in total. The Morgan fingerprint density at radius 3 is 2.29 bits per heavy atom. The molecule has 0 spiro atoms. The van der Waals surface area contributed by atoms with E-state index in [1.807, 2.05) is 38.8 Å². The molecule has 0 fully saturated rings. The van der Waals surface area contributed by atoms with Crippen LogP contribution >= 0.6 is 0 Å². The van der Waals surface area contributed by atoms with Gasteiger partial charge in [0, 0.05) is 31.0 Å². The first-order valence-electron chi connectivity index (χ1n) is 4.78. The van der Waals surface area contributed by atoms with Crippen molar-refractivity contribution in [2.75, 3.05) is 18.5 Å². The third-order valence-corrected chi connectivity index (χ3v) is 1.87. The van der Waals surface area contributed by atoms with Gasteiger partial charge in [-0.25, -0.2) is 9.97 Å². The fourth-order valence-electron chi connectivity index (χ4n) is 1.39. The number of nitrogens with zero attached hydrogens (tertiary/aromatic N) is 3. The van der Waals surface area contributed by atoms with E-state index in [-0.39, 0.29) is 6.04 Å². The van der Waals surface area contributed by atoms with Crippen LogP contribution in [0.1, 0.15) is 18.3 Å². The molecule has 1 unspecified atom stereocenters. The van der Waals surface area contributed by atoms with Gasteiger partial charge in [0.25, 0.3) is 0 Å². The number of hydrogen-bond acceptors (Lipinski definition) is 4. The first kappa shape index (κ1) is 10.9. The Labute approximate surface area is 85.2 Å². The summed E-state index contributed by atoms with van der Waals surface area (Å²) in [5.74, 6) is 0.750. The summed E-state index contributed by atoms with van der Waals surface area (Å²) in [6, 6.07) is 2.09. The SMILES string of the molecule is Cc1cc(C)nc(N(C)CC(C)N)n1. The molecule has 0 aliphatic rings.